The predicted octanol–water partition coefficient (Wildman–Crippen LogP) is 7.18. The molecule has 0 spiro atoms. The highest BCUT2D eigenvalue weighted by Gasteiger charge is 2.25. The number of hydrogen-bond acceptors (Lipinski definition) is 7. The second kappa shape index (κ2) is 16.1. The molecule has 1 saturated carbocycles. The molecule has 4 rings (SSSR count). The van der Waals surface area contributed by atoms with Crippen molar-refractivity contribution >= 4 is 35.1 Å². The summed E-state index contributed by atoms with van der Waals surface area (Å²) in [5.41, 5.74) is 8.30. The SMILES string of the molecule is CC(C)(C)OC(=O)c1ccc(CN(CC(=O)OC2CCCCCC2)C(=O)c2ccc(Cl)cc2N)cc1.Cc1cccnc1. The van der Waals surface area contributed by atoms with Crippen LogP contribution in [-0.2, 0) is 20.8 Å². The van der Waals surface area contributed by atoms with E-state index in [1.165, 1.54) is 16.5 Å². The van der Waals surface area contributed by atoms with Crippen molar-refractivity contribution in [2.45, 2.75) is 84.5 Å². The van der Waals surface area contributed by atoms with Gasteiger partial charge in [-0.25, -0.2) is 4.79 Å². The minimum Gasteiger partial charge on any atom is -0.461 e. The molecule has 0 unspecified atom stereocenters. The van der Waals surface area contributed by atoms with E-state index in [-0.39, 0.29) is 30.4 Å². The van der Waals surface area contributed by atoms with E-state index >= 15 is 0 Å². The summed E-state index contributed by atoms with van der Waals surface area (Å²) in [5.74, 6) is -1.28. The van der Waals surface area contributed by atoms with Crippen molar-refractivity contribution in [3.63, 3.8) is 0 Å². The number of halogens is 1. The van der Waals surface area contributed by atoms with Gasteiger partial charge in [0.2, 0.25) is 0 Å². The fourth-order valence-corrected chi connectivity index (χ4v) is 4.77. The summed E-state index contributed by atoms with van der Waals surface area (Å²) in [7, 11) is 0. The van der Waals surface area contributed by atoms with Crippen LogP contribution >= 0.6 is 11.6 Å². The van der Waals surface area contributed by atoms with Gasteiger partial charge in [-0.3, -0.25) is 14.6 Å². The highest BCUT2D eigenvalue weighted by Crippen LogP contribution is 2.23. The van der Waals surface area contributed by atoms with Gasteiger partial charge in [0.15, 0.2) is 0 Å². The van der Waals surface area contributed by atoms with Gasteiger partial charge in [-0.1, -0.05) is 42.6 Å². The van der Waals surface area contributed by atoms with Gasteiger partial charge in [0.25, 0.3) is 5.91 Å². The third kappa shape index (κ3) is 11.7. The lowest BCUT2D eigenvalue weighted by Crippen LogP contribution is -2.37. The monoisotopic (exact) mass is 607 g/mol. The van der Waals surface area contributed by atoms with Crippen molar-refractivity contribution in [3.05, 3.63) is 94.3 Å². The van der Waals surface area contributed by atoms with Crippen molar-refractivity contribution in [2.75, 3.05) is 12.3 Å². The first-order chi connectivity index (χ1) is 20.4. The van der Waals surface area contributed by atoms with Gasteiger partial charge in [-0.05, 0) is 101 Å². The van der Waals surface area contributed by atoms with Crippen molar-refractivity contribution in [1.82, 2.24) is 9.88 Å². The molecule has 0 bridgehead atoms. The van der Waals surface area contributed by atoms with Crippen LogP contribution in [0.1, 0.15) is 91.1 Å². The van der Waals surface area contributed by atoms with Crippen molar-refractivity contribution in [1.29, 1.82) is 0 Å². The highest BCUT2D eigenvalue weighted by molar-refractivity contribution is 6.31. The van der Waals surface area contributed by atoms with E-state index in [0.717, 1.165) is 44.1 Å². The molecule has 1 heterocycles. The Morgan fingerprint density at radius 2 is 1.67 bits per heavy atom. The van der Waals surface area contributed by atoms with Gasteiger partial charge in [0, 0.05) is 29.6 Å². The lowest BCUT2D eigenvalue weighted by molar-refractivity contribution is -0.150. The molecule has 1 aromatic heterocycles. The summed E-state index contributed by atoms with van der Waals surface area (Å²) >= 11 is 6.00. The number of rotatable bonds is 7. The van der Waals surface area contributed by atoms with Crippen LogP contribution < -0.4 is 5.73 Å². The normalized spacial score (nSPS) is 13.6. The largest absolute Gasteiger partial charge is 0.461 e. The van der Waals surface area contributed by atoms with E-state index in [0.29, 0.717) is 10.6 Å². The topological polar surface area (TPSA) is 112 Å². The van der Waals surface area contributed by atoms with Crippen molar-refractivity contribution in [3.8, 4) is 0 Å². The van der Waals surface area contributed by atoms with E-state index in [1.807, 2.05) is 25.3 Å². The number of benzene rings is 2. The number of carbonyl (C=O) groups excluding carboxylic acids is 3. The Hall–Kier alpha value is -3.91. The number of ether oxygens (including phenoxy) is 2. The zero-order valence-electron chi connectivity index (χ0n) is 25.5. The number of esters is 2. The number of amides is 1. The number of hydrogen-bond donors (Lipinski definition) is 1. The summed E-state index contributed by atoms with van der Waals surface area (Å²) in [4.78, 5) is 43.9. The molecule has 0 aliphatic heterocycles. The third-order valence-electron chi connectivity index (χ3n) is 6.72. The number of aromatic nitrogens is 1. The Labute approximate surface area is 259 Å². The number of pyridine rings is 1. The Morgan fingerprint density at radius 1 is 1.00 bits per heavy atom. The summed E-state index contributed by atoms with van der Waals surface area (Å²) < 4.78 is 11.1. The van der Waals surface area contributed by atoms with Crippen molar-refractivity contribution in [2.24, 2.45) is 0 Å². The van der Waals surface area contributed by atoms with Gasteiger partial charge < -0.3 is 20.1 Å². The third-order valence-corrected chi connectivity index (χ3v) is 6.96. The van der Waals surface area contributed by atoms with E-state index in [9.17, 15) is 14.4 Å². The Balaban J connectivity index is 0.000000633. The zero-order chi connectivity index (χ0) is 31.4. The summed E-state index contributed by atoms with van der Waals surface area (Å²) in [6.07, 6.45) is 9.53. The molecule has 230 valence electrons. The molecule has 9 heteroatoms. The van der Waals surface area contributed by atoms with Crippen LogP contribution in [0, 0.1) is 6.92 Å². The number of carbonyl (C=O) groups is 3. The molecule has 1 aliphatic carbocycles. The molecule has 2 N–H and O–H groups in total. The van der Waals surface area contributed by atoms with Gasteiger partial charge in [-0.15, -0.1) is 0 Å². The average molecular weight is 608 g/mol. The lowest BCUT2D eigenvalue weighted by atomic mass is 10.1. The van der Waals surface area contributed by atoms with Crippen LogP contribution in [0.4, 0.5) is 5.69 Å². The smallest absolute Gasteiger partial charge is 0.338 e. The number of aryl methyl sites for hydroxylation is 1. The maximum Gasteiger partial charge on any atom is 0.338 e. The van der Waals surface area contributed by atoms with Crippen LogP contribution in [-0.4, -0.2) is 46.0 Å². The minimum absolute atomic E-state index is 0.120. The molecular weight excluding hydrogens is 566 g/mol. The fourth-order valence-electron chi connectivity index (χ4n) is 4.59. The van der Waals surface area contributed by atoms with E-state index in [2.05, 4.69) is 4.98 Å². The molecule has 1 amide bonds. The Morgan fingerprint density at radius 3 is 2.21 bits per heavy atom. The second-order valence-electron chi connectivity index (χ2n) is 11.7. The number of nitrogens with two attached hydrogens (primary N) is 1. The van der Waals surface area contributed by atoms with Crippen LogP contribution in [0.5, 0.6) is 0 Å². The second-order valence-corrected chi connectivity index (χ2v) is 12.2. The number of anilines is 1. The van der Waals surface area contributed by atoms with Crippen LogP contribution in [0.25, 0.3) is 0 Å². The zero-order valence-corrected chi connectivity index (χ0v) is 26.2. The summed E-state index contributed by atoms with van der Waals surface area (Å²) in [5, 5.41) is 0.418. The van der Waals surface area contributed by atoms with Gasteiger partial charge in [0.1, 0.15) is 18.2 Å². The molecule has 3 aromatic rings. The van der Waals surface area contributed by atoms with Gasteiger partial charge >= 0.3 is 11.9 Å². The molecule has 0 atom stereocenters. The van der Waals surface area contributed by atoms with Gasteiger partial charge in [0.05, 0.1) is 11.1 Å². The van der Waals surface area contributed by atoms with E-state index in [4.69, 9.17) is 26.8 Å². The summed E-state index contributed by atoms with van der Waals surface area (Å²) in [6, 6.07) is 15.4. The average Bonchev–Trinajstić information content (AvgIpc) is 3.21. The first-order valence-electron chi connectivity index (χ1n) is 14.6. The van der Waals surface area contributed by atoms with E-state index in [1.54, 1.807) is 63.4 Å². The first kappa shape index (κ1) is 33.6. The van der Waals surface area contributed by atoms with Gasteiger partial charge in [-0.2, -0.15) is 0 Å². The van der Waals surface area contributed by atoms with Crippen LogP contribution in [0.2, 0.25) is 5.02 Å². The van der Waals surface area contributed by atoms with Crippen LogP contribution in [0.3, 0.4) is 0 Å². The fraction of sp³-hybridized carbons (Fsp3) is 0.412. The molecule has 1 aliphatic rings. The molecule has 0 radical (unpaired) electrons. The quantitative estimate of drug-likeness (QED) is 0.172. The highest BCUT2D eigenvalue weighted by atomic mass is 35.5. The first-order valence-corrected chi connectivity index (χ1v) is 15.0. The van der Waals surface area contributed by atoms with Crippen molar-refractivity contribution < 1.29 is 23.9 Å². The molecule has 0 saturated heterocycles. The molecule has 43 heavy (non-hydrogen) atoms. The van der Waals surface area contributed by atoms with Crippen LogP contribution in [0.15, 0.2) is 67.0 Å². The maximum absolute atomic E-state index is 13.4. The Kier molecular flexibility index (Phi) is 12.6. The lowest BCUT2D eigenvalue weighted by Gasteiger charge is -2.24. The minimum atomic E-state index is -0.602. The number of nitrogen functional groups attached to an aromatic ring is 1. The summed E-state index contributed by atoms with van der Waals surface area (Å²) in [6.45, 7) is 7.35. The maximum atomic E-state index is 13.4. The molecule has 8 nitrogen and oxygen atoms in total. The van der Waals surface area contributed by atoms with E-state index < -0.39 is 23.4 Å². The Bertz CT molecular complexity index is 1350. The molecule has 2 aromatic carbocycles. The standard InChI is InChI=1S/C28H35ClN2O5.C6H7N/c1-28(2,3)36-27(34)20-12-10-19(11-13-20)17-31(26(33)23-15-14-21(29)16-24(23)30)18-25(32)35-22-8-6-4-5-7-9-22;1-6-3-2-4-7-5-6/h10-16,22H,4-9,17-18,30H2,1-3H3;2-5H,1H3. The molecule has 1 fully saturated rings. The number of nitrogens with zero attached hydrogens (tertiary/aromatic N) is 2. The predicted molar refractivity (Wildman–Crippen MR) is 169 cm³/mol. The molecular formula is C34H42ClN3O5.